The summed E-state index contributed by atoms with van der Waals surface area (Å²) in [5, 5.41) is 24.1. The summed E-state index contributed by atoms with van der Waals surface area (Å²) in [5.41, 5.74) is 3.84. The van der Waals surface area contributed by atoms with Gasteiger partial charge in [-0.05, 0) is 19.8 Å². The molecule has 0 unspecified atom stereocenters. The van der Waals surface area contributed by atoms with Crippen molar-refractivity contribution in [2.75, 3.05) is 16.9 Å². The van der Waals surface area contributed by atoms with E-state index in [2.05, 4.69) is 25.9 Å². The number of hydrazine groups is 1. The third-order valence-corrected chi connectivity index (χ3v) is 3.32. The number of hydrogen-bond acceptors (Lipinski definition) is 8. The van der Waals surface area contributed by atoms with Gasteiger partial charge < -0.3 is 14.9 Å². The molecule has 168 valence electrons. The molecule has 31 heavy (non-hydrogen) atoms. The molecule has 11 nitrogen and oxygen atoms in total. The quantitative estimate of drug-likeness (QED) is 0.591. The van der Waals surface area contributed by atoms with E-state index in [0.717, 1.165) is 0 Å². The Morgan fingerprint density at radius 2 is 1.97 bits per heavy atom. The number of carboxylic acids is 1. The minimum Gasteiger partial charge on any atom is -0.475 e. The lowest BCUT2D eigenvalue weighted by Crippen LogP contribution is -2.47. The first kappa shape index (κ1) is 25.1. The predicted octanol–water partition coefficient (Wildman–Crippen LogP) is 2.79. The van der Waals surface area contributed by atoms with Gasteiger partial charge in [-0.25, -0.2) is 20.0 Å². The van der Waals surface area contributed by atoms with Crippen LogP contribution in [-0.2, 0) is 4.79 Å². The molecule has 0 atom stereocenters. The molecule has 2 aromatic rings. The van der Waals surface area contributed by atoms with Crippen LogP contribution >= 0.6 is 0 Å². The average molecular weight is 443 g/mol. The van der Waals surface area contributed by atoms with Gasteiger partial charge >= 0.3 is 18.2 Å². The molecule has 0 saturated heterocycles. The zero-order valence-electron chi connectivity index (χ0n) is 17.0. The maximum absolute atomic E-state index is 12.3. The van der Waals surface area contributed by atoms with E-state index >= 15 is 0 Å². The van der Waals surface area contributed by atoms with Gasteiger partial charge in [0.2, 0.25) is 5.82 Å². The standard InChI is InChI=1S/C15H19N7O2.C2HF3O2/c1-9(2)8-22(13-5-6-17-12(7-16)18-13)20-15(23)19-14-10(3)21-24-11(14)4;3-2(4,5)1(6)7/h5-6,9H,8H2,1-4H3,(H2,19,20,23);(H,6,7). The van der Waals surface area contributed by atoms with Crippen molar-refractivity contribution >= 4 is 23.5 Å². The highest BCUT2D eigenvalue weighted by Gasteiger charge is 2.38. The molecule has 0 spiro atoms. The Hall–Kier alpha value is -3.89. The van der Waals surface area contributed by atoms with Crippen LogP contribution in [0.3, 0.4) is 0 Å². The third kappa shape index (κ3) is 8.17. The zero-order valence-corrected chi connectivity index (χ0v) is 17.0. The largest absolute Gasteiger partial charge is 0.490 e. The van der Waals surface area contributed by atoms with E-state index in [-0.39, 0.29) is 11.7 Å². The number of carbonyl (C=O) groups excluding carboxylic acids is 1. The number of carboxylic acid groups (broad SMARTS) is 1. The maximum atomic E-state index is 12.3. The summed E-state index contributed by atoms with van der Waals surface area (Å²) in [5.74, 6) is -1.51. The number of aliphatic carboxylic acids is 1. The normalized spacial score (nSPS) is 10.5. The summed E-state index contributed by atoms with van der Waals surface area (Å²) in [7, 11) is 0. The van der Waals surface area contributed by atoms with Crippen LogP contribution in [0.4, 0.5) is 29.5 Å². The third-order valence-electron chi connectivity index (χ3n) is 3.32. The van der Waals surface area contributed by atoms with Gasteiger partial charge in [-0.3, -0.25) is 5.01 Å². The van der Waals surface area contributed by atoms with Crippen molar-refractivity contribution in [3.8, 4) is 6.07 Å². The lowest BCUT2D eigenvalue weighted by Gasteiger charge is -2.25. The molecule has 14 heteroatoms. The van der Waals surface area contributed by atoms with Crippen LogP contribution in [-0.4, -0.2) is 45.0 Å². The van der Waals surface area contributed by atoms with Crippen molar-refractivity contribution in [3.63, 3.8) is 0 Å². The Morgan fingerprint density at radius 3 is 2.42 bits per heavy atom. The van der Waals surface area contributed by atoms with Gasteiger partial charge in [0.05, 0.1) is 0 Å². The van der Waals surface area contributed by atoms with Crippen molar-refractivity contribution < 1.29 is 32.4 Å². The minimum absolute atomic E-state index is 0.0363. The van der Waals surface area contributed by atoms with E-state index < -0.39 is 18.2 Å². The number of carbonyl (C=O) groups is 2. The maximum Gasteiger partial charge on any atom is 0.490 e. The van der Waals surface area contributed by atoms with Crippen molar-refractivity contribution in [2.45, 2.75) is 33.9 Å². The summed E-state index contributed by atoms with van der Waals surface area (Å²) in [4.78, 5) is 29.1. The summed E-state index contributed by atoms with van der Waals surface area (Å²) in [6.45, 7) is 7.98. The first-order valence-electron chi connectivity index (χ1n) is 8.66. The lowest BCUT2D eigenvalue weighted by molar-refractivity contribution is -0.192. The second-order valence-corrected chi connectivity index (χ2v) is 6.42. The number of amides is 2. The van der Waals surface area contributed by atoms with Crippen LogP contribution < -0.4 is 15.8 Å². The van der Waals surface area contributed by atoms with Crippen LogP contribution in [0.1, 0.15) is 31.1 Å². The van der Waals surface area contributed by atoms with Gasteiger partial charge in [-0.2, -0.15) is 23.4 Å². The van der Waals surface area contributed by atoms with Crippen molar-refractivity contribution in [3.05, 3.63) is 29.5 Å². The molecule has 0 aliphatic carbocycles. The number of alkyl halides is 3. The number of anilines is 2. The highest BCUT2D eigenvalue weighted by molar-refractivity contribution is 5.91. The summed E-state index contributed by atoms with van der Waals surface area (Å²) >= 11 is 0. The van der Waals surface area contributed by atoms with E-state index in [4.69, 9.17) is 19.7 Å². The first-order valence-corrected chi connectivity index (χ1v) is 8.66. The summed E-state index contributed by atoms with van der Waals surface area (Å²) < 4.78 is 36.8. The number of hydrogen-bond donors (Lipinski definition) is 3. The molecular formula is C17H20F3N7O4. The van der Waals surface area contributed by atoms with E-state index in [1.165, 1.54) is 6.20 Å². The highest BCUT2D eigenvalue weighted by atomic mass is 19.4. The molecule has 0 bridgehead atoms. The van der Waals surface area contributed by atoms with E-state index in [9.17, 15) is 18.0 Å². The lowest BCUT2D eigenvalue weighted by atomic mass is 10.2. The summed E-state index contributed by atoms with van der Waals surface area (Å²) in [6, 6.07) is 3.05. The minimum atomic E-state index is -5.08. The number of urea groups is 1. The van der Waals surface area contributed by atoms with Crippen LogP contribution in [0.25, 0.3) is 0 Å². The Morgan fingerprint density at radius 1 is 1.35 bits per heavy atom. The van der Waals surface area contributed by atoms with Crippen LogP contribution in [0.5, 0.6) is 0 Å². The Balaban J connectivity index is 0.000000592. The molecule has 0 aliphatic rings. The second kappa shape index (κ2) is 10.8. The fourth-order valence-electron chi connectivity index (χ4n) is 2.04. The molecule has 0 fully saturated rings. The molecule has 2 rings (SSSR count). The van der Waals surface area contributed by atoms with Gasteiger partial charge in [-0.1, -0.05) is 19.0 Å². The molecular weight excluding hydrogens is 423 g/mol. The SMILES string of the molecule is Cc1noc(C)c1NC(=O)NN(CC(C)C)c1ccnc(C#N)n1.O=C(O)C(F)(F)F. The average Bonchev–Trinajstić information content (AvgIpc) is 2.99. The van der Waals surface area contributed by atoms with Crippen molar-refractivity contribution in [2.24, 2.45) is 5.92 Å². The second-order valence-electron chi connectivity index (χ2n) is 6.42. The molecule has 2 amide bonds. The molecule has 2 aromatic heterocycles. The fraction of sp³-hybridized carbons (Fsp3) is 0.412. The fourth-order valence-corrected chi connectivity index (χ4v) is 2.04. The Bertz CT molecular complexity index is 934. The number of nitrogens with one attached hydrogen (secondary N) is 2. The number of rotatable bonds is 5. The molecule has 0 saturated carbocycles. The smallest absolute Gasteiger partial charge is 0.475 e. The number of aryl methyl sites for hydroxylation is 2. The molecule has 2 heterocycles. The molecule has 0 aliphatic heterocycles. The first-order chi connectivity index (χ1) is 14.3. The van der Waals surface area contributed by atoms with Crippen LogP contribution in [0.2, 0.25) is 0 Å². The van der Waals surface area contributed by atoms with Crippen LogP contribution in [0.15, 0.2) is 16.8 Å². The van der Waals surface area contributed by atoms with E-state index in [0.29, 0.717) is 29.5 Å². The number of halogens is 3. The van der Waals surface area contributed by atoms with Gasteiger partial charge in [0, 0.05) is 18.8 Å². The Labute approximate surface area is 174 Å². The zero-order chi connectivity index (χ0) is 23.8. The number of nitriles is 1. The molecule has 0 aromatic carbocycles. The number of nitrogens with zero attached hydrogens (tertiary/aromatic N) is 5. The molecule has 0 radical (unpaired) electrons. The Kier molecular flexibility index (Phi) is 8.73. The topological polar surface area (TPSA) is 157 Å². The van der Waals surface area contributed by atoms with Gasteiger partial charge in [0.15, 0.2) is 11.6 Å². The number of aromatic nitrogens is 3. The van der Waals surface area contributed by atoms with Crippen molar-refractivity contribution in [1.82, 2.24) is 20.6 Å². The van der Waals surface area contributed by atoms with E-state index in [1.807, 2.05) is 19.9 Å². The molecule has 3 N–H and O–H groups in total. The highest BCUT2D eigenvalue weighted by Crippen LogP contribution is 2.18. The van der Waals surface area contributed by atoms with Gasteiger partial charge in [0.1, 0.15) is 17.5 Å². The monoisotopic (exact) mass is 443 g/mol. The van der Waals surface area contributed by atoms with Gasteiger partial charge in [-0.15, -0.1) is 0 Å². The van der Waals surface area contributed by atoms with E-state index in [1.54, 1.807) is 24.9 Å². The summed E-state index contributed by atoms with van der Waals surface area (Å²) in [6.07, 6.45) is -3.61. The van der Waals surface area contributed by atoms with Crippen LogP contribution in [0, 0.1) is 31.1 Å². The predicted molar refractivity (Wildman–Crippen MR) is 101 cm³/mol. The van der Waals surface area contributed by atoms with Crippen molar-refractivity contribution in [1.29, 1.82) is 5.26 Å². The van der Waals surface area contributed by atoms with Gasteiger partial charge in [0.25, 0.3) is 0 Å².